The molecule has 1 aromatic rings. The fourth-order valence-electron chi connectivity index (χ4n) is 2.13. The number of likely N-dealkylation sites (tertiary alicyclic amines) is 1. The molecule has 0 radical (unpaired) electrons. The Morgan fingerprint density at radius 1 is 1.24 bits per heavy atom. The van der Waals surface area contributed by atoms with Gasteiger partial charge in [-0.2, -0.15) is 13.2 Å². The average molecular weight is 301 g/mol. The van der Waals surface area contributed by atoms with Crippen molar-refractivity contribution in [2.45, 2.75) is 38.5 Å². The molecule has 1 heterocycles. The summed E-state index contributed by atoms with van der Waals surface area (Å²) in [5, 5.41) is 0. The van der Waals surface area contributed by atoms with Gasteiger partial charge in [0.05, 0.1) is 5.56 Å². The SMILES string of the molecule is CC(C)(C)OC(=O)N1CC(c2cccc(C(F)(F)F)c2)C1. The summed E-state index contributed by atoms with van der Waals surface area (Å²) in [7, 11) is 0. The molecule has 0 N–H and O–H groups in total. The summed E-state index contributed by atoms with van der Waals surface area (Å²) in [6.07, 6.45) is -4.77. The summed E-state index contributed by atoms with van der Waals surface area (Å²) in [6.45, 7) is 6.09. The molecule has 0 aromatic heterocycles. The number of amides is 1. The predicted octanol–water partition coefficient (Wildman–Crippen LogP) is 4.04. The molecule has 116 valence electrons. The number of halogens is 3. The zero-order chi connectivity index (χ0) is 15.8. The number of benzene rings is 1. The quantitative estimate of drug-likeness (QED) is 0.783. The Kier molecular flexibility index (Phi) is 3.91. The summed E-state index contributed by atoms with van der Waals surface area (Å²) in [5.74, 6) is -0.0696. The molecule has 0 unspecified atom stereocenters. The Hall–Kier alpha value is -1.72. The molecular formula is C15H18F3NO2. The number of carbonyl (C=O) groups excluding carboxylic acids is 1. The van der Waals surface area contributed by atoms with E-state index in [1.54, 1.807) is 26.8 Å². The van der Waals surface area contributed by atoms with Crippen LogP contribution in [-0.4, -0.2) is 29.7 Å². The number of hydrogen-bond acceptors (Lipinski definition) is 2. The third-order valence-electron chi connectivity index (χ3n) is 3.22. The molecule has 0 bridgehead atoms. The van der Waals surface area contributed by atoms with Crippen molar-refractivity contribution < 1.29 is 22.7 Å². The molecule has 1 aliphatic rings. The van der Waals surface area contributed by atoms with E-state index in [-0.39, 0.29) is 5.92 Å². The second kappa shape index (κ2) is 5.24. The third kappa shape index (κ3) is 3.89. The van der Waals surface area contributed by atoms with E-state index in [9.17, 15) is 18.0 Å². The molecule has 1 aliphatic heterocycles. The molecule has 0 saturated carbocycles. The van der Waals surface area contributed by atoms with E-state index in [4.69, 9.17) is 4.74 Å². The number of ether oxygens (including phenoxy) is 1. The highest BCUT2D eigenvalue weighted by Crippen LogP contribution is 2.34. The van der Waals surface area contributed by atoms with Gasteiger partial charge < -0.3 is 9.64 Å². The van der Waals surface area contributed by atoms with Gasteiger partial charge in [-0.25, -0.2) is 4.79 Å². The minimum atomic E-state index is -4.34. The van der Waals surface area contributed by atoms with Crippen molar-refractivity contribution in [3.63, 3.8) is 0 Å². The highest BCUT2D eigenvalue weighted by molar-refractivity contribution is 5.69. The van der Waals surface area contributed by atoms with Crippen LogP contribution >= 0.6 is 0 Å². The van der Waals surface area contributed by atoms with Crippen LogP contribution in [0.15, 0.2) is 24.3 Å². The molecular weight excluding hydrogens is 283 g/mol. The van der Waals surface area contributed by atoms with Crippen LogP contribution in [-0.2, 0) is 10.9 Å². The van der Waals surface area contributed by atoms with Gasteiger partial charge in [-0.3, -0.25) is 0 Å². The normalized spacial score (nSPS) is 16.6. The lowest BCUT2D eigenvalue weighted by molar-refractivity contribution is -0.137. The first kappa shape index (κ1) is 15.7. The Morgan fingerprint density at radius 3 is 2.38 bits per heavy atom. The first-order chi connectivity index (χ1) is 9.56. The minimum absolute atomic E-state index is 0.0696. The van der Waals surface area contributed by atoms with E-state index in [1.165, 1.54) is 11.0 Å². The molecule has 0 atom stereocenters. The predicted molar refractivity (Wildman–Crippen MR) is 72.0 cm³/mol. The van der Waals surface area contributed by atoms with E-state index in [2.05, 4.69) is 0 Å². The molecule has 6 heteroatoms. The largest absolute Gasteiger partial charge is 0.444 e. The van der Waals surface area contributed by atoms with Gasteiger partial charge in [0, 0.05) is 19.0 Å². The lowest BCUT2D eigenvalue weighted by Gasteiger charge is -2.40. The van der Waals surface area contributed by atoms with Crippen LogP contribution in [0.2, 0.25) is 0 Å². The van der Waals surface area contributed by atoms with Crippen molar-refractivity contribution in [3.05, 3.63) is 35.4 Å². The maximum absolute atomic E-state index is 12.7. The van der Waals surface area contributed by atoms with Crippen LogP contribution in [0.1, 0.15) is 37.8 Å². The van der Waals surface area contributed by atoms with Crippen LogP contribution < -0.4 is 0 Å². The minimum Gasteiger partial charge on any atom is -0.444 e. The summed E-state index contributed by atoms with van der Waals surface area (Å²) in [4.78, 5) is 13.3. The molecule has 1 aromatic carbocycles. The summed E-state index contributed by atoms with van der Waals surface area (Å²) in [6, 6.07) is 5.26. The third-order valence-corrected chi connectivity index (χ3v) is 3.22. The summed E-state index contributed by atoms with van der Waals surface area (Å²) < 4.78 is 43.2. The van der Waals surface area contributed by atoms with Gasteiger partial charge in [-0.05, 0) is 32.4 Å². The standard InChI is InChI=1S/C15H18F3NO2/c1-14(2,3)21-13(20)19-8-11(9-19)10-5-4-6-12(7-10)15(16,17)18/h4-7,11H,8-9H2,1-3H3. The van der Waals surface area contributed by atoms with Crippen molar-refractivity contribution >= 4 is 6.09 Å². The Morgan fingerprint density at radius 2 is 1.86 bits per heavy atom. The Labute approximate surface area is 121 Å². The molecule has 2 rings (SSSR count). The van der Waals surface area contributed by atoms with Crippen molar-refractivity contribution in [1.29, 1.82) is 0 Å². The van der Waals surface area contributed by atoms with Gasteiger partial charge >= 0.3 is 12.3 Å². The van der Waals surface area contributed by atoms with Crippen molar-refractivity contribution in [1.82, 2.24) is 4.90 Å². The lowest BCUT2D eigenvalue weighted by atomic mass is 9.91. The van der Waals surface area contributed by atoms with Gasteiger partial charge in [0.2, 0.25) is 0 Å². The molecule has 0 spiro atoms. The van der Waals surface area contributed by atoms with Crippen molar-refractivity contribution in [2.75, 3.05) is 13.1 Å². The molecule has 21 heavy (non-hydrogen) atoms. The number of carbonyl (C=O) groups is 1. The summed E-state index contributed by atoms with van der Waals surface area (Å²) >= 11 is 0. The van der Waals surface area contributed by atoms with Gasteiger partial charge in [-0.1, -0.05) is 18.2 Å². The van der Waals surface area contributed by atoms with Crippen molar-refractivity contribution in [3.8, 4) is 0 Å². The van der Waals surface area contributed by atoms with Crippen molar-refractivity contribution in [2.24, 2.45) is 0 Å². The Bertz CT molecular complexity index is 528. The van der Waals surface area contributed by atoms with E-state index < -0.39 is 23.4 Å². The number of nitrogens with zero attached hydrogens (tertiary/aromatic N) is 1. The topological polar surface area (TPSA) is 29.5 Å². The Balaban J connectivity index is 1.97. The first-order valence-electron chi connectivity index (χ1n) is 6.71. The van der Waals surface area contributed by atoms with Crippen LogP contribution in [0.3, 0.4) is 0 Å². The van der Waals surface area contributed by atoms with Gasteiger partial charge in [0.15, 0.2) is 0 Å². The molecule has 1 fully saturated rings. The first-order valence-corrected chi connectivity index (χ1v) is 6.71. The maximum atomic E-state index is 12.7. The number of hydrogen-bond donors (Lipinski definition) is 0. The van der Waals surface area contributed by atoms with E-state index in [0.29, 0.717) is 18.7 Å². The van der Waals surface area contributed by atoms with Crippen LogP contribution in [0.25, 0.3) is 0 Å². The molecule has 0 aliphatic carbocycles. The van der Waals surface area contributed by atoms with Gasteiger partial charge in [0.1, 0.15) is 5.60 Å². The van der Waals surface area contributed by atoms with Gasteiger partial charge in [0.25, 0.3) is 0 Å². The van der Waals surface area contributed by atoms with E-state index >= 15 is 0 Å². The molecule has 1 amide bonds. The second-order valence-corrected chi connectivity index (χ2v) is 6.21. The highest BCUT2D eigenvalue weighted by Gasteiger charge is 2.36. The fourth-order valence-corrected chi connectivity index (χ4v) is 2.13. The highest BCUT2D eigenvalue weighted by atomic mass is 19.4. The fraction of sp³-hybridized carbons (Fsp3) is 0.533. The molecule has 1 saturated heterocycles. The van der Waals surface area contributed by atoms with Crippen LogP contribution in [0.5, 0.6) is 0 Å². The maximum Gasteiger partial charge on any atom is 0.416 e. The lowest BCUT2D eigenvalue weighted by Crippen LogP contribution is -2.50. The zero-order valence-electron chi connectivity index (χ0n) is 12.2. The summed E-state index contributed by atoms with van der Waals surface area (Å²) in [5.41, 5.74) is -0.626. The average Bonchev–Trinajstić information content (AvgIpc) is 2.23. The van der Waals surface area contributed by atoms with E-state index in [1.807, 2.05) is 0 Å². The monoisotopic (exact) mass is 301 g/mol. The van der Waals surface area contributed by atoms with Crippen LogP contribution in [0.4, 0.5) is 18.0 Å². The van der Waals surface area contributed by atoms with Gasteiger partial charge in [-0.15, -0.1) is 0 Å². The van der Waals surface area contributed by atoms with E-state index in [0.717, 1.165) is 12.1 Å². The zero-order valence-corrected chi connectivity index (χ0v) is 12.2. The smallest absolute Gasteiger partial charge is 0.416 e. The number of rotatable bonds is 1. The molecule has 3 nitrogen and oxygen atoms in total. The second-order valence-electron chi connectivity index (χ2n) is 6.21. The van der Waals surface area contributed by atoms with Crippen LogP contribution in [0, 0.1) is 0 Å². The number of alkyl halides is 3.